The number of nitrogens with one attached hydrogen (secondary N) is 2. The third kappa shape index (κ3) is 1.93. The Kier molecular flexibility index (Phi) is 2.71. The minimum atomic E-state index is 0.442. The number of imidazole rings is 1. The van der Waals surface area contributed by atoms with Crippen LogP contribution >= 0.6 is 11.8 Å². The molecule has 0 bridgehead atoms. The van der Waals surface area contributed by atoms with Crippen molar-refractivity contribution in [2.45, 2.75) is 31.2 Å². The fourth-order valence-electron chi connectivity index (χ4n) is 2.20. The number of rotatable bonds is 2. The maximum atomic E-state index is 4.51. The fourth-order valence-corrected chi connectivity index (χ4v) is 3.14. The summed E-state index contributed by atoms with van der Waals surface area (Å²) in [5, 5.41) is 3.51. The van der Waals surface area contributed by atoms with Crippen LogP contribution in [-0.4, -0.2) is 28.0 Å². The van der Waals surface area contributed by atoms with Crippen molar-refractivity contribution in [1.29, 1.82) is 0 Å². The van der Waals surface area contributed by atoms with E-state index < -0.39 is 0 Å². The highest BCUT2D eigenvalue weighted by atomic mass is 32.2. The van der Waals surface area contributed by atoms with Crippen LogP contribution in [0.1, 0.15) is 42.7 Å². The number of H-pyrrole nitrogens is 1. The molecule has 1 aromatic heterocycles. The second-order valence-electron chi connectivity index (χ2n) is 4.43. The van der Waals surface area contributed by atoms with Crippen molar-refractivity contribution in [3.8, 4) is 0 Å². The van der Waals surface area contributed by atoms with Gasteiger partial charge >= 0.3 is 0 Å². The highest BCUT2D eigenvalue weighted by Gasteiger charge is 2.23. The lowest BCUT2D eigenvalue weighted by Gasteiger charge is -2.24. The number of hydrogen-bond donors (Lipinski definition) is 2. The predicted octanol–water partition coefficient (Wildman–Crippen LogP) is 2.05. The topological polar surface area (TPSA) is 40.7 Å². The van der Waals surface area contributed by atoms with Gasteiger partial charge in [-0.2, -0.15) is 11.8 Å². The van der Waals surface area contributed by atoms with Crippen molar-refractivity contribution >= 4 is 11.8 Å². The molecule has 2 N–H and O–H groups in total. The van der Waals surface area contributed by atoms with Crippen LogP contribution in [0.5, 0.6) is 0 Å². The van der Waals surface area contributed by atoms with Crippen molar-refractivity contribution in [2.75, 3.05) is 18.1 Å². The Morgan fingerprint density at radius 3 is 3.00 bits per heavy atom. The van der Waals surface area contributed by atoms with E-state index in [4.69, 9.17) is 0 Å². The van der Waals surface area contributed by atoms with Crippen LogP contribution < -0.4 is 5.32 Å². The SMILES string of the molecule is c1nc(C2CSCCN2)[nH]c1C1CCC1. The fraction of sp³-hybridized carbons (Fsp3) is 0.727. The van der Waals surface area contributed by atoms with E-state index in [0.29, 0.717) is 6.04 Å². The summed E-state index contributed by atoms with van der Waals surface area (Å²) in [6.07, 6.45) is 6.11. The zero-order valence-electron chi connectivity index (χ0n) is 8.83. The van der Waals surface area contributed by atoms with Gasteiger partial charge in [-0.3, -0.25) is 0 Å². The van der Waals surface area contributed by atoms with Gasteiger partial charge in [0.2, 0.25) is 0 Å². The third-order valence-electron chi connectivity index (χ3n) is 3.41. The van der Waals surface area contributed by atoms with Crippen LogP contribution in [0.25, 0.3) is 0 Å². The summed E-state index contributed by atoms with van der Waals surface area (Å²) in [7, 11) is 0. The number of aromatic amines is 1. The molecular weight excluding hydrogens is 206 g/mol. The second kappa shape index (κ2) is 4.18. The van der Waals surface area contributed by atoms with Crippen molar-refractivity contribution in [3.05, 3.63) is 17.7 Å². The molecule has 1 saturated heterocycles. The predicted molar refractivity (Wildman–Crippen MR) is 63.2 cm³/mol. The molecule has 1 aliphatic heterocycles. The van der Waals surface area contributed by atoms with Gasteiger partial charge in [-0.05, 0) is 12.8 Å². The molecule has 2 fully saturated rings. The molecule has 2 aliphatic rings. The van der Waals surface area contributed by atoms with Gasteiger partial charge in [0.25, 0.3) is 0 Å². The summed E-state index contributed by atoms with van der Waals surface area (Å²) in [5.41, 5.74) is 1.36. The minimum absolute atomic E-state index is 0.442. The van der Waals surface area contributed by atoms with Crippen LogP contribution in [0.15, 0.2) is 6.20 Å². The average molecular weight is 223 g/mol. The Hall–Kier alpha value is -0.480. The molecule has 1 aliphatic carbocycles. The second-order valence-corrected chi connectivity index (χ2v) is 5.58. The number of thioether (sulfide) groups is 1. The van der Waals surface area contributed by atoms with Gasteiger partial charge in [0.15, 0.2) is 0 Å². The zero-order chi connectivity index (χ0) is 10.1. The normalized spacial score (nSPS) is 27.6. The van der Waals surface area contributed by atoms with Crippen molar-refractivity contribution < 1.29 is 0 Å². The molecule has 3 nitrogen and oxygen atoms in total. The van der Waals surface area contributed by atoms with Crippen LogP contribution in [-0.2, 0) is 0 Å². The van der Waals surface area contributed by atoms with Gasteiger partial charge in [0.1, 0.15) is 5.82 Å². The first-order valence-corrected chi connectivity index (χ1v) is 6.95. The van der Waals surface area contributed by atoms with E-state index in [1.165, 1.54) is 30.7 Å². The van der Waals surface area contributed by atoms with Crippen molar-refractivity contribution in [2.24, 2.45) is 0 Å². The molecule has 1 saturated carbocycles. The molecule has 3 rings (SSSR count). The van der Waals surface area contributed by atoms with Crippen LogP contribution in [0, 0.1) is 0 Å². The molecule has 1 atom stereocenters. The standard InChI is InChI=1S/C11H17N3S/c1-2-8(3-1)9-6-13-11(14-9)10-7-15-5-4-12-10/h6,8,10,12H,1-5,7H2,(H,13,14). The summed E-state index contributed by atoms with van der Waals surface area (Å²) >= 11 is 2.01. The highest BCUT2D eigenvalue weighted by Crippen LogP contribution is 2.35. The molecule has 1 aromatic rings. The Labute approximate surface area is 94.4 Å². The van der Waals surface area contributed by atoms with E-state index in [1.54, 1.807) is 0 Å². The largest absolute Gasteiger partial charge is 0.344 e. The molecule has 15 heavy (non-hydrogen) atoms. The van der Waals surface area contributed by atoms with E-state index in [-0.39, 0.29) is 0 Å². The molecule has 1 unspecified atom stereocenters. The summed E-state index contributed by atoms with van der Waals surface area (Å²) < 4.78 is 0. The molecule has 0 spiro atoms. The smallest absolute Gasteiger partial charge is 0.124 e. The van der Waals surface area contributed by atoms with E-state index >= 15 is 0 Å². The Balaban J connectivity index is 1.71. The van der Waals surface area contributed by atoms with Gasteiger partial charge in [-0.25, -0.2) is 4.98 Å². The average Bonchev–Trinajstić information content (AvgIpc) is 2.66. The molecule has 2 heterocycles. The maximum absolute atomic E-state index is 4.51. The molecule has 0 radical (unpaired) electrons. The van der Waals surface area contributed by atoms with Crippen molar-refractivity contribution in [1.82, 2.24) is 15.3 Å². The first-order chi connectivity index (χ1) is 7.43. The number of hydrogen-bond acceptors (Lipinski definition) is 3. The van der Waals surface area contributed by atoms with Gasteiger partial charge < -0.3 is 10.3 Å². The lowest BCUT2D eigenvalue weighted by molar-refractivity contribution is 0.411. The Morgan fingerprint density at radius 1 is 1.40 bits per heavy atom. The molecule has 4 heteroatoms. The molecule has 0 amide bonds. The number of aromatic nitrogens is 2. The summed E-state index contributed by atoms with van der Waals surface area (Å²) in [6, 6.07) is 0.442. The monoisotopic (exact) mass is 223 g/mol. The van der Waals surface area contributed by atoms with E-state index in [1.807, 2.05) is 18.0 Å². The minimum Gasteiger partial charge on any atom is -0.344 e. The van der Waals surface area contributed by atoms with Gasteiger partial charge in [0.05, 0.1) is 6.04 Å². The summed E-state index contributed by atoms with van der Waals surface area (Å²) in [5.74, 6) is 4.29. The van der Waals surface area contributed by atoms with Crippen LogP contribution in [0.4, 0.5) is 0 Å². The van der Waals surface area contributed by atoms with Gasteiger partial charge in [0, 0.05) is 35.9 Å². The quantitative estimate of drug-likeness (QED) is 0.806. The van der Waals surface area contributed by atoms with Crippen LogP contribution in [0.3, 0.4) is 0 Å². The lowest BCUT2D eigenvalue weighted by Crippen LogP contribution is -2.31. The Morgan fingerprint density at radius 2 is 2.33 bits per heavy atom. The van der Waals surface area contributed by atoms with E-state index in [2.05, 4.69) is 15.3 Å². The van der Waals surface area contributed by atoms with Crippen LogP contribution in [0.2, 0.25) is 0 Å². The van der Waals surface area contributed by atoms with Gasteiger partial charge in [-0.15, -0.1) is 0 Å². The van der Waals surface area contributed by atoms with Crippen molar-refractivity contribution in [3.63, 3.8) is 0 Å². The Bertz CT molecular complexity index is 326. The zero-order valence-corrected chi connectivity index (χ0v) is 9.65. The summed E-state index contributed by atoms with van der Waals surface area (Å²) in [6.45, 7) is 1.11. The van der Waals surface area contributed by atoms with Gasteiger partial charge in [-0.1, -0.05) is 6.42 Å². The van der Waals surface area contributed by atoms with E-state index in [0.717, 1.165) is 24.0 Å². The molecule has 82 valence electrons. The first-order valence-electron chi connectivity index (χ1n) is 5.79. The molecule has 0 aromatic carbocycles. The lowest BCUT2D eigenvalue weighted by atomic mass is 9.83. The first kappa shape index (κ1) is 9.73. The number of nitrogens with zero attached hydrogens (tertiary/aromatic N) is 1. The third-order valence-corrected chi connectivity index (χ3v) is 4.47. The summed E-state index contributed by atoms with van der Waals surface area (Å²) in [4.78, 5) is 8.01. The molecular formula is C11H17N3S. The maximum Gasteiger partial charge on any atom is 0.124 e. The van der Waals surface area contributed by atoms with E-state index in [9.17, 15) is 0 Å². The highest BCUT2D eigenvalue weighted by molar-refractivity contribution is 7.99.